The maximum atomic E-state index is 13.5. The Hall–Kier alpha value is -4.55. The molecule has 0 spiro atoms. The first kappa shape index (κ1) is 22.6. The van der Waals surface area contributed by atoms with E-state index >= 15 is 0 Å². The van der Waals surface area contributed by atoms with E-state index in [1.165, 1.54) is 41.8 Å². The van der Waals surface area contributed by atoms with Crippen LogP contribution in [-0.4, -0.2) is 70.5 Å². The fraction of sp³-hybridized carbons (Fsp3) is 0.360. The number of amidine groups is 1. The zero-order valence-electron chi connectivity index (χ0n) is 20.4. The van der Waals surface area contributed by atoms with Gasteiger partial charge in [0.1, 0.15) is 11.4 Å². The minimum absolute atomic E-state index is 0.0519. The molecule has 2 aliphatic heterocycles. The molecule has 13 heteroatoms. The van der Waals surface area contributed by atoms with Crippen LogP contribution in [0.1, 0.15) is 30.9 Å². The highest BCUT2D eigenvalue weighted by atomic mass is 19.1. The summed E-state index contributed by atoms with van der Waals surface area (Å²) in [6.07, 6.45) is 9.75. The van der Waals surface area contributed by atoms with E-state index in [0.717, 1.165) is 17.9 Å². The molecule has 0 aromatic carbocycles. The molecule has 2 fully saturated rings. The number of carbonyl (C=O) groups is 1. The minimum atomic E-state index is -0.583. The highest BCUT2D eigenvalue weighted by Crippen LogP contribution is 2.38. The van der Waals surface area contributed by atoms with Crippen LogP contribution >= 0.6 is 0 Å². The van der Waals surface area contributed by atoms with Crippen LogP contribution in [0.2, 0.25) is 0 Å². The van der Waals surface area contributed by atoms with Crippen molar-refractivity contribution in [3.63, 3.8) is 0 Å². The van der Waals surface area contributed by atoms with E-state index < -0.39 is 12.0 Å². The number of hydrogen-bond donors (Lipinski definition) is 1. The summed E-state index contributed by atoms with van der Waals surface area (Å²) >= 11 is 0. The number of nitrogens with one attached hydrogen (secondary N) is 1. The number of aromatic nitrogens is 8. The number of fused-ring (bicyclic) bond motifs is 1. The monoisotopic (exact) mass is 513 g/mol. The molecule has 0 bridgehead atoms. The molecule has 1 aliphatic carbocycles. The number of anilines is 2. The lowest BCUT2D eigenvalue weighted by atomic mass is 10.0. The van der Waals surface area contributed by atoms with Crippen LogP contribution < -0.4 is 10.2 Å². The number of rotatable bonds is 7. The lowest BCUT2D eigenvalue weighted by Gasteiger charge is -2.24. The summed E-state index contributed by atoms with van der Waals surface area (Å²) in [5.74, 6) is 1.82. The van der Waals surface area contributed by atoms with Crippen molar-refractivity contribution in [2.24, 2.45) is 10.9 Å². The van der Waals surface area contributed by atoms with E-state index in [0.29, 0.717) is 36.2 Å². The van der Waals surface area contributed by atoms with Gasteiger partial charge in [-0.25, -0.2) is 9.50 Å². The van der Waals surface area contributed by atoms with E-state index in [2.05, 4.69) is 36.8 Å². The Balaban J connectivity index is 1.21. The molecular formula is C25H24FN11O. The Morgan fingerprint density at radius 3 is 2.92 bits per heavy atom. The van der Waals surface area contributed by atoms with Crippen molar-refractivity contribution < 1.29 is 9.18 Å². The third-order valence-corrected chi connectivity index (χ3v) is 7.25. The van der Waals surface area contributed by atoms with E-state index in [1.807, 2.05) is 23.2 Å². The molecule has 3 aliphatic rings. The zero-order chi connectivity index (χ0) is 25.6. The van der Waals surface area contributed by atoms with Gasteiger partial charge in [-0.1, -0.05) is 6.07 Å². The summed E-state index contributed by atoms with van der Waals surface area (Å²) < 4.78 is 15.0. The van der Waals surface area contributed by atoms with Crippen molar-refractivity contribution in [2.45, 2.75) is 37.8 Å². The lowest BCUT2D eigenvalue weighted by molar-refractivity contribution is -0.119. The Morgan fingerprint density at radius 1 is 1.21 bits per heavy atom. The second kappa shape index (κ2) is 9.08. The van der Waals surface area contributed by atoms with Crippen LogP contribution in [0.15, 0.2) is 59.6 Å². The number of Topliss-reactive ketones (excluding diaryl/α,β-unsaturated/α-hetero) is 1. The molecule has 192 valence electrons. The number of pyridine rings is 1. The van der Waals surface area contributed by atoms with Gasteiger partial charge in [-0.3, -0.25) is 9.79 Å². The summed E-state index contributed by atoms with van der Waals surface area (Å²) in [4.78, 5) is 30.2. The minimum Gasteiger partial charge on any atom is -0.327 e. The third-order valence-electron chi connectivity index (χ3n) is 7.25. The number of hydrogen-bond acceptors (Lipinski definition) is 10. The molecular weight excluding hydrogens is 489 g/mol. The summed E-state index contributed by atoms with van der Waals surface area (Å²) in [5.41, 5.74) is 2.80. The molecule has 6 heterocycles. The number of aliphatic imine (C=N–C) groups is 1. The predicted molar refractivity (Wildman–Crippen MR) is 135 cm³/mol. The quantitative estimate of drug-likeness (QED) is 0.369. The van der Waals surface area contributed by atoms with Gasteiger partial charge in [-0.2, -0.15) is 14.2 Å². The van der Waals surface area contributed by atoms with Crippen LogP contribution in [0, 0.1) is 11.9 Å². The normalized spacial score (nSPS) is 21.1. The fourth-order valence-corrected chi connectivity index (χ4v) is 5.16. The van der Waals surface area contributed by atoms with Gasteiger partial charge in [0, 0.05) is 31.8 Å². The smallest absolute Gasteiger partial charge is 0.246 e. The average Bonchev–Trinajstić information content (AvgIpc) is 3.39. The molecule has 0 radical (unpaired) electrons. The van der Waals surface area contributed by atoms with E-state index in [-0.39, 0.29) is 18.2 Å². The molecule has 1 saturated carbocycles. The first-order valence-corrected chi connectivity index (χ1v) is 12.6. The summed E-state index contributed by atoms with van der Waals surface area (Å²) in [6.45, 7) is 1.14. The molecule has 12 nitrogen and oxygen atoms in total. The summed E-state index contributed by atoms with van der Waals surface area (Å²) in [6, 6.07) is 5.93. The number of nitrogens with zero attached hydrogens (tertiary/aromatic N) is 10. The van der Waals surface area contributed by atoms with E-state index in [9.17, 15) is 9.18 Å². The summed E-state index contributed by atoms with van der Waals surface area (Å²) in [5, 5.41) is 20.2. The maximum absolute atomic E-state index is 13.5. The molecule has 0 unspecified atom stereocenters. The van der Waals surface area contributed by atoms with Crippen LogP contribution in [0.4, 0.5) is 16.2 Å². The van der Waals surface area contributed by atoms with Gasteiger partial charge < -0.3 is 10.2 Å². The topological polar surface area (TPSA) is 131 Å². The molecule has 2 atom stereocenters. The average molecular weight is 514 g/mol. The van der Waals surface area contributed by atoms with E-state index in [1.54, 1.807) is 10.6 Å². The van der Waals surface area contributed by atoms with Crippen molar-refractivity contribution in [1.29, 1.82) is 0 Å². The first-order chi connectivity index (χ1) is 18.6. The fourth-order valence-electron chi connectivity index (χ4n) is 5.16. The summed E-state index contributed by atoms with van der Waals surface area (Å²) in [7, 11) is 0. The van der Waals surface area contributed by atoms with Gasteiger partial charge in [0.05, 0.1) is 18.6 Å². The highest BCUT2D eigenvalue weighted by molar-refractivity contribution is 6.07. The van der Waals surface area contributed by atoms with Gasteiger partial charge in [-0.15, -0.1) is 15.3 Å². The largest absolute Gasteiger partial charge is 0.327 e. The predicted octanol–water partition coefficient (Wildman–Crippen LogP) is 2.04. The number of tetrazole rings is 1. The van der Waals surface area contributed by atoms with Crippen LogP contribution in [-0.2, 0) is 11.2 Å². The molecule has 1 saturated heterocycles. The Kier molecular flexibility index (Phi) is 5.41. The second-order valence-corrected chi connectivity index (χ2v) is 9.86. The molecule has 38 heavy (non-hydrogen) atoms. The van der Waals surface area contributed by atoms with Crippen molar-refractivity contribution in [3.8, 4) is 0 Å². The van der Waals surface area contributed by atoms with Gasteiger partial charge in [0.15, 0.2) is 17.9 Å². The Labute approximate surface area is 216 Å². The van der Waals surface area contributed by atoms with Crippen molar-refractivity contribution in [2.75, 3.05) is 23.3 Å². The molecule has 0 amide bonds. The number of ketones is 1. The number of carbonyl (C=O) groups excluding carboxylic acids is 1. The molecule has 7 rings (SSSR count). The lowest BCUT2D eigenvalue weighted by Crippen LogP contribution is -2.38. The van der Waals surface area contributed by atoms with Gasteiger partial charge in [-0.05, 0) is 59.4 Å². The standard InChI is InChI=1S/C25H24FN11O/c26-22-6-3-15(11-27-22)8-21(38)20-10-18(37-30-14-29-34-37)13-35(20)25-32-24(19-2-1-7-36(19)33-25)31-23-9-17(12-28-23)16-4-5-16/h1-3,6-7,9,11,14,16,18,20H,4-5,8,10,12-13H2,(H,28,31,32,33)/t18-,20-/m0/s1. The molecule has 1 N–H and O–H groups in total. The van der Waals surface area contributed by atoms with Crippen LogP contribution in [0.25, 0.3) is 5.52 Å². The zero-order valence-corrected chi connectivity index (χ0v) is 20.4. The first-order valence-electron chi connectivity index (χ1n) is 12.6. The third kappa shape index (κ3) is 4.29. The second-order valence-electron chi connectivity index (χ2n) is 9.86. The number of halogens is 1. The Bertz CT molecular complexity index is 1560. The SMILES string of the molecule is O=C(Cc1ccc(F)nc1)[C@@H]1C[C@H](n2ncnn2)CN1c1nc(NC2=NCC(C3CC3)=C2)c2cccn2n1. The van der Waals surface area contributed by atoms with Gasteiger partial charge >= 0.3 is 0 Å². The molecule has 4 aromatic heterocycles. The highest BCUT2D eigenvalue weighted by Gasteiger charge is 2.40. The van der Waals surface area contributed by atoms with Crippen LogP contribution in [0.3, 0.4) is 0 Å². The maximum Gasteiger partial charge on any atom is 0.246 e. The van der Waals surface area contributed by atoms with Gasteiger partial charge in [0.25, 0.3) is 0 Å². The van der Waals surface area contributed by atoms with Gasteiger partial charge in [0.2, 0.25) is 11.9 Å². The Morgan fingerprint density at radius 2 is 2.13 bits per heavy atom. The molecule has 4 aromatic rings. The van der Waals surface area contributed by atoms with E-state index in [4.69, 9.17) is 10.1 Å². The van der Waals surface area contributed by atoms with Crippen molar-refractivity contribution in [3.05, 3.63) is 66.1 Å². The van der Waals surface area contributed by atoms with Crippen molar-refractivity contribution in [1.82, 2.24) is 39.8 Å². The van der Waals surface area contributed by atoms with Crippen molar-refractivity contribution >= 4 is 28.9 Å². The van der Waals surface area contributed by atoms with Crippen LogP contribution in [0.5, 0.6) is 0 Å².